The van der Waals surface area contributed by atoms with Gasteiger partial charge in [-0.2, -0.15) is 11.8 Å². The highest BCUT2D eigenvalue weighted by Crippen LogP contribution is 2.40. The monoisotopic (exact) mass is 247 g/mol. The Hall–Kier alpha value is 0.110. The van der Waals surface area contributed by atoms with Crippen molar-refractivity contribution in [2.45, 2.75) is 24.0 Å². The molecule has 0 saturated carbocycles. The van der Waals surface area contributed by atoms with Crippen molar-refractivity contribution < 1.29 is 0 Å². The predicted octanol–water partition coefficient (Wildman–Crippen LogP) is 3.63. The van der Waals surface area contributed by atoms with Crippen molar-refractivity contribution >= 4 is 35.0 Å². The first-order valence-corrected chi connectivity index (χ1v) is 6.25. The Bertz CT molecular complexity index is 367. The molecule has 1 aliphatic heterocycles. The van der Waals surface area contributed by atoms with E-state index in [2.05, 4.69) is 6.92 Å². The first kappa shape index (κ1) is 10.6. The molecule has 1 heterocycles. The Morgan fingerprint density at radius 1 is 1.43 bits per heavy atom. The van der Waals surface area contributed by atoms with Gasteiger partial charge in [-0.3, -0.25) is 0 Å². The zero-order valence-corrected chi connectivity index (χ0v) is 10.1. The lowest BCUT2D eigenvalue weighted by molar-refractivity contribution is 0.699. The molecule has 2 unspecified atom stereocenters. The molecule has 0 saturated heterocycles. The molecule has 0 spiro atoms. The standard InChI is InChI=1S/C10H11Cl2NS/c1-5-10(13)7-2-6(11)3-9(12)8(7)4-14-5/h2-3,5,10H,4,13H2,1H3. The molecule has 2 atom stereocenters. The van der Waals surface area contributed by atoms with Gasteiger partial charge >= 0.3 is 0 Å². The van der Waals surface area contributed by atoms with Gasteiger partial charge in [-0.25, -0.2) is 0 Å². The molecule has 0 amide bonds. The van der Waals surface area contributed by atoms with Crippen LogP contribution in [0, 0.1) is 0 Å². The second-order valence-electron chi connectivity index (χ2n) is 3.50. The van der Waals surface area contributed by atoms with Crippen LogP contribution in [-0.2, 0) is 5.75 Å². The summed E-state index contributed by atoms with van der Waals surface area (Å²) in [6.45, 7) is 2.13. The van der Waals surface area contributed by atoms with Gasteiger partial charge in [0.15, 0.2) is 0 Å². The first-order valence-electron chi connectivity index (χ1n) is 4.44. The minimum Gasteiger partial charge on any atom is -0.323 e. The zero-order chi connectivity index (χ0) is 10.3. The molecule has 1 aromatic carbocycles. The molecule has 14 heavy (non-hydrogen) atoms. The Kier molecular flexibility index (Phi) is 2.98. The fourth-order valence-corrected chi connectivity index (χ4v) is 3.41. The number of thioether (sulfide) groups is 1. The summed E-state index contributed by atoms with van der Waals surface area (Å²) < 4.78 is 0. The van der Waals surface area contributed by atoms with Gasteiger partial charge in [0.25, 0.3) is 0 Å². The second-order valence-corrected chi connectivity index (χ2v) is 5.71. The number of hydrogen-bond acceptors (Lipinski definition) is 2. The fraction of sp³-hybridized carbons (Fsp3) is 0.400. The predicted molar refractivity (Wildman–Crippen MR) is 64.1 cm³/mol. The maximum atomic E-state index is 6.11. The third-order valence-electron chi connectivity index (χ3n) is 2.55. The van der Waals surface area contributed by atoms with E-state index in [1.165, 1.54) is 0 Å². The van der Waals surface area contributed by atoms with Crippen molar-refractivity contribution in [3.05, 3.63) is 33.3 Å². The summed E-state index contributed by atoms with van der Waals surface area (Å²) in [6.07, 6.45) is 0. The highest BCUT2D eigenvalue weighted by Gasteiger charge is 2.25. The second kappa shape index (κ2) is 3.93. The van der Waals surface area contributed by atoms with Crippen LogP contribution in [0.25, 0.3) is 0 Å². The Morgan fingerprint density at radius 3 is 2.86 bits per heavy atom. The lowest BCUT2D eigenvalue weighted by atomic mass is 9.99. The van der Waals surface area contributed by atoms with E-state index in [0.29, 0.717) is 10.3 Å². The third-order valence-corrected chi connectivity index (χ3v) is 4.38. The molecule has 4 heteroatoms. The molecule has 0 aliphatic carbocycles. The number of benzene rings is 1. The summed E-state index contributed by atoms with van der Waals surface area (Å²) in [4.78, 5) is 0. The normalized spacial score (nSPS) is 26.0. The minimum atomic E-state index is 0.0416. The Morgan fingerprint density at radius 2 is 2.14 bits per heavy atom. The van der Waals surface area contributed by atoms with Gasteiger partial charge < -0.3 is 5.73 Å². The van der Waals surface area contributed by atoms with Crippen molar-refractivity contribution in [3.63, 3.8) is 0 Å². The number of fused-ring (bicyclic) bond motifs is 1. The van der Waals surface area contributed by atoms with Gasteiger partial charge in [0, 0.05) is 27.1 Å². The van der Waals surface area contributed by atoms with E-state index in [0.717, 1.165) is 21.9 Å². The summed E-state index contributed by atoms with van der Waals surface area (Å²) in [7, 11) is 0. The van der Waals surface area contributed by atoms with E-state index in [1.54, 1.807) is 6.07 Å². The van der Waals surface area contributed by atoms with Gasteiger partial charge in [-0.05, 0) is 23.3 Å². The van der Waals surface area contributed by atoms with Crippen LogP contribution in [0.1, 0.15) is 24.1 Å². The van der Waals surface area contributed by atoms with Crippen LogP contribution in [0.5, 0.6) is 0 Å². The number of hydrogen-bond donors (Lipinski definition) is 1. The highest BCUT2D eigenvalue weighted by atomic mass is 35.5. The van der Waals surface area contributed by atoms with Crippen LogP contribution in [0.15, 0.2) is 12.1 Å². The first-order chi connectivity index (χ1) is 6.59. The number of halogens is 2. The molecule has 2 N–H and O–H groups in total. The van der Waals surface area contributed by atoms with Crippen molar-refractivity contribution in [2.24, 2.45) is 5.73 Å². The van der Waals surface area contributed by atoms with E-state index in [-0.39, 0.29) is 6.04 Å². The van der Waals surface area contributed by atoms with Gasteiger partial charge in [-0.15, -0.1) is 0 Å². The summed E-state index contributed by atoms with van der Waals surface area (Å²) in [5.41, 5.74) is 8.34. The quantitative estimate of drug-likeness (QED) is 0.758. The summed E-state index contributed by atoms with van der Waals surface area (Å²) in [5.74, 6) is 0.931. The molecule has 1 nitrogen and oxygen atoms in total. The fourth-order valence-electron chi connectivity index (χ4n) is 1.64. The van der Waals surface area contributed by atoms with Crippen LogP contribution < -0.4 is 5.73 Å². The maximum Gasteiger partial charge on any atom is 0.0464 e. The molecule has 1 aromatic rings. The average Bonchev–Trinajstić information content (AvgIpc) is 2.12. The van der Waals surface area contributed by atoms with Crippen molar-refractivity contribution in [1.29, 1.82) is 0 Å². The van der Waals surface area contributed by atoms with Gasteiger partial charge in [0.1, 0.15) is 0 Å². The minimum absolute atomic E-state index is 0.0416. The molecule has 0 aromatic heterocycles. The van der Waals surface area contributed by atoms with Gasteiger partial charge in [0.05, 0.1) is 0 Å². The summed E-state index contributed by atoms with van der Waals surface area (Å²) in [6, 6.07) is 3.76. The smallest absolute Gasteiger partial charge is 0.0464 e. The average molecular weight is 248 g/mol. The largest absolute Gasteiger partial charge is 0.323 e. The topological polar surface area (TPSA) is 26.0 Å². The van der Waals surface area contributed by atoms with E-state index in [4.69, 9.17) is 28.9 Å². The molecular weight excluding hydrogens is 237 g/mol. The third kappa shape index (κ3) is 1.76. The Balaban J connectivity index is 2.54. The highest BCUT2D eigenvalue weighted by molar-refractivity contribution is 7.99. The molecule has 0 fully saturated rings. The van der Waals surface area contributed by atoms with E-state index < -0.39 is 0 Å². The number of rotatable bonds is 0. The van der Waals surface area contributed by atoms with Crippen molar-refractivity contribution in [3.8, 4) is 0 Å². The van der Waals surface area contributed by atoms with Gasteiger partial charge in [-0.1, -0.05) is 30.1 Å². The van der Waals surface area contributed by atoms with E-state index in [1.807, 2.05) is 17.8 Å². The lowest BCUT2D eigenvalue weighted by Crippen LogP contribution is -2.26. The number of nitrogens with two attached hydrogens (primary N) is 1. The van der Waals surface area contributed by atoms with Crippen molar-refractivity contribution in [1.82, 2.24) is 0 Å². The van der Waals surface area contributed by atoms with Crippen LogP contribution in [0.4, 0.5) is 0 Å². The molecule has 0 radical (unpaired) electrons. The van der Waals surface area contributed by atoms with Crippen LogP contribution >= 0.6 is 35.0 Å². The SMILES string of the molecule is CC1SCc2c(Cl)cc(Cl)cc2C1N. The maximum absolute atomic E-state index is 6.11. The molecular formula is C10H11Cl2NS. The van der Waals surface area contributed by atoms with E-state index >= 15 is 0 Å². The summed E-state index contributed by atoms with van der Waals surface area (Å²) >= 11 is 13.9. The van der Waals surface area contributed by atoms with Crippen LogP contribution in [-0.4, -0.2) is 5.25 Å². The van der Waals surface area contributed by atoms with Crippen LogP contribution in [0.3, 0.4) is 0 Å². The van der Waals surface area contributed by atoms with Crippen LogP contribution in [0.2, 0.25) is 10.0 Å². The zero-order valence-electron chi connectivity index (χ0n) is 7.76. The molecule has 0 bridgehead atoms. The Labute approximate surface area is 98.0 Å². The van der Waals surface area contributed by atoms with E-state index in [9.17, 15) is 0 Å². The summed E-state index contributed by atoms with van der Waals surface area (Å²) in [5, 5.41) is 1.84. The van der Waals surface area contributed by atoms with Gasteiger partial charge in [0.2, 0.25) is 0 Å². The lowest BCUT2D eigenvalue weighted by Gasteiger charge is -2.28. The molecule has 2 rings (SSSR count). The molecule has 76 valence electrons. The molecule has 1 aliphatic rings. The van der Waals surface area contributed by atoms with Crippen molar-refractivity contribution in [2.75, 3.05) is 0 Å².